The first kappa shape index (κ1) is 25.2. The molecule has 5 nitrogen and oxygen atoms in total. The lowest BCUT2D eigenvalue weighted by atomic mass is 9.89. The number of carboxylic acids is 1. The van der Waals surface area contributed by atoms with Gasteiger partial charge in [-0.05, 0) is 31.6 Å². The van der Waals surface area contributed by atoms with Gasteiger partial charge in [0.15, 0.2) is 6.10 Å². The molecule has 1 saturated carbocycles. The number of aliphatic hydroxyl groups excluding tert-OH is 2. The van der Waals surface area contributed by atoms with Crippen molar-refractivity contribution in [3.05, 3.63) is 12.2 Å². The largest absolute Gasteiger partial charge is 0.479 e. The number of ketones is 1. The van der Waals surface area contributed by atoms with E-state index >= 15 is 0 Å². The molecule has 1 fully saturated rings. The number of carboxylic acid groups (broad SMARTS) is 1. The Bertz CT molecular complexity index is 480. The van der Waals surface area contributed by atoms with Crippen LogP contribution in [0.25, 0.3) is 0 Å². The topological polar surface area (TPSA) is 94.8 Å². The maximum atomic E-state index is 12.6. The lowest BCUT2D eigenvalue weighted by Gasteiger charge is -2.20. The van der Waals surface area contributed by atoms with Crippen LogP contribution in [0.3, 0.4) is 0 Å². The van der Waals surface area contributed by atoms with Crippen LogP contribution < -0.4 is 0 Å². The van der Waals surface area contributed by atoms with E-state index < -0.39 is 12.1 Å². The van der Waals surface area contributed by atoms with Gasteiger partial charge in [-0.2, -0.15) is 11.8 Å². The molecule has 3 N–H and O–H groups in total. The Morgan fingerprint density at radius 2 is 1.96 bits per heavy atom. The summed E-state index contributed by atoms with van der Waals surface area (Å²) < 4.78 is 0. The van der Waals surface area contributed by atoms with Crippen molar-refractivity contribution in [1.82, 2.24) is 0 Å². The van der Waals surface area contributed by atoms with Crippen molar-refractivity contribution >= 4 is 23.5 Å². The fourth-order valence-electron chi connectivity index (χ4n) is 3.89. The van der Waals surface area contributed by atoms with Crippen LogP contribution in [-0.4, -0.2) is 50.8 Å². The molecule has 0 heterocycles. The van der Waals surface area contributed by atoms with E-state index in [2.05, 4.69) is 19.1 Å². The molecule has 0 spiro atoms. The number of aliphatic carboxylic acids is 1. The summed E-state index contributed by atoms with van der Waals surface area (Å²) in [5.41, 5.74) is 0. The van der Waals surface area contributed by atoms with Crippen LogP contribution in [-0.2, 0) is 9.59 Å². The zero-order chi connectivity index (χ0) is 20.8. The number of Topliss-reactive ketones (excluding diaryl/α,β-unsaturated/α-hetero) is 1. The molecule has 0 amide bonds. The second kappa shape index (κ2) is 15.1. The Morgan fingerprint density at radius 1 is 1.21 bits per heavy atom. The number of allylic oxidation sites excluding steroid dienone is 2. The second-order valence-corrected chi connectivity index (χ2v) is 9.10. The summed E-state index contributed by atoms with van der Waals surface area (Å²) in [4.78, 5) is 23.2. The Hall–Kier alpha value is -0.850. The highest BCUT2D eigenvalue weighted by Crippen LogP contribution is 2.40. The van der Waals surface area contributed by atoms with E-state index in [1.54, 1.807) is 11.8 Å². The van der Waals surface area contributed by atoms with Crippen molar-refractivity contribution in [1.29, 1.82) is 0 Å². The van der Waals surface area contributed by atoms with Crippen LogP contribution in [0.15, 0.2) is 12.2 Å². The molecule has 1 rings (SSSR count). The molecule has 0 aromatic carbocycles. The summed E-state index contributed by atoms with van der Waals surface area (Å²) >= 11 is 1.70. The van der Waals surface area contributed by atoms with Gasteiger partial charge in [0.2, 0.25) is 0 Å². The summed E-state index contributed by atoms with van der Waals surface area (Å²) in [7, 11) is 0. The Kier molecular flexibility index (Phi) is 13.5. The summed E-state index contributed by atoms with van der Waals surface area (Å²) in [6, 6.07) is 0. The van der Waals surface area contributed by atoms with E-state index in [9.17, 15) is 14.7 Å². The van der Waals surface area contributed by atoms with Crippen molar-refractivity contribution in [3.63, 3.8) is 0 Å². The SMILES string of the molecule is CCCCCCC=C[C@H]1[C@@H](SCCO)CC(=O)[C@@H]1CCCCCC(O)C(=O)O. The number of unbranched alkanes of at least 4 members (excludes halogenated alkanes) is 6. The van der Waals surface area contributed by atoms with Crippen LogP contribution in [0.4, 0.5) is 0 Å². The maximum Gasteiger partial charge on any atom is 0.332 e. The minimum Gasteiger partial charge on any atom is -0.479 e. The molecule has 0 aliphatic heterocycles. The van der Waals surface area contributed by atoms with Crippen molar-refractivity contribution in [3.8, 4) is 0 Å². The van der Waals surface area contributed by atoms with Crippen LogP contribution in [0.2, 0.25) is 0 Å². The molecule has 0 radical (unpaired) electrons. The van der Waals surface area contributed by atoms with Gasteiger partial charge in [-0.15, -0.1) is 0 Å². The van der Waals surface area contributed by atoms with E-state index in [1.807, 2.05) is 0 Å². The Balaban J connectivity index is 2.50. The predicted octanol–water partition coefficient (Wildman–Crippen LogP) is 4.21. The van der Waals surface area contributed by atoms with Gasteiger partial charge in [0, 0.05) is 23.3 Å². The minimum atomic E-state index is -1.28. The maximum absolute atomic E-state index is 12.6. The smallest absolute Gasteiger partial charge is 0.332 e. The van der Waals surface area contributed by atoms with Crippen molar-refractivity contribution in [2.45, 2.75) is 88.9 Å². The predicted molar refractivity (Wildman–Crippen MR) is 115 cm³/mol. The Labute approximate surface area is 174 Å². The third kappa shape index (κ3) is 9.57. The van der Waals surface area contributed by atoms with Gasteiger partial charge < -0.3 is 15.3 Å². The van der Waals surface area contributed by atoms with Gasteiger partial charge in [-0.3, -0.25) is 4.79 Å². The molecule has 0 saturated heterocycles. The molecule has 28 heavy (non-hydrogen) atoms. The lowest BCUT2D eigenvalue weighted by Crippen LogP contribution is -2.19. The average molecular weight is 415 g/mol. The average Bonchev–Trinajstić information content (AvgIpc) is 2.97. The first-order valence-electron chi connectivity index (χ1n) is 10.8. The molecule has 0 aromatic rings. The van der Waals surface area contributed by atoms with E-state index in [0.717, 1.165) is 25.7 Å². The van der Waals surface area contributed by atoms with Gasteiger partial charge in [0.1, 0.15) is 5.78 Å². The molecule has 1 unspecified atom stereocenters. The summed E-state index contributed by atoms with van der Waals surface area (Å²) in [5.74, 6) is 0.0892. The number of hydrogen-bond acceptors (Lipinski definition) is 5. The standard InChI is InChI=1S/C22H38O5S/c1-2-3-4-5-6-8-12-18-17(20(25)16-21(18)28-15-14-23)11-9-7-10-13-19(24)22(26)27/h8,12,17-19,21,23-24H,2-7,9-11,13-16H2,1H3,(H,26,27)/t17-,18-,19?,21+/m1/s1. The second-order valence-electron chi connectivity index (χ2n) is 7.76. The lowest BCUT2D eigenvalue weighted by molar-refractivity contribution is -0.147. The van der Waals surface area contributed by atoms with E-state index in [1.165, 1.54) is 25.7 Å². The number of hydrogen-bond donors (Lipinski definition) is 3. The molecule has 6 heteroatoms. The number of carbonyl (C=O) groups excluding carboxylic acids is 1. The van der Waals surface area contributed by atoms with Gasteiger partial charge >= 0.3 is 5.97 Å². The number of aliphatic hydroxyl groups is 2. The van der Waals surface area contributed by atoms with Crippen molar-refractivity contribution < 1.29 is 24.9 Å². The van der Waals surface area contributed by atoms with Crippen molar-refractivity contribution in [2.75, 3.05) is 12.4 Å². The monoisotopic (exact) mass is 414 g/mol. The summed E-state index contributed by atoms with van der Waals surface area (Å²) in [5, 5.41) is 27.4. The zero-order valence-corrected chi connectivity index (χ0v) is 18.0. The molecule has 1 aliphatic rings. The third-order valence-electron chi connectivity index (χ3n) is 5.49. The molecule has 4 atom stereocenters. The number of rotatable bonds is 16. The fraction of sp³-hybridized carbons (Fsp3) is 0.818. The van der Waals surface area contributed by atoms with Gasteiger partial charge in [-0.1, -0.05) is 57.6 Å². The molecule has 162 valence electrons. The van der Waals surface area contributed by atoms with E-state index in [4.69, 9.17) is 10.2 Å². The van der Waals surface area contributed by atoms with Gasteiger partial charge in [0.25, 0.3) is 0 Å². The zero-order valence-electron chi connectivity index (χ0n) is 17.2. The molecular formula is C22H38O5S. The summed E-state index contributed by atoms with van der Waals surface area (Å²) in [6.45, 7) is 2.34. The van der Waals surface area contributed by atoms with E-state index in [0.29, 0.717) is 24.4 Å². The van der Waals surface area contributed by atoms with Gasteiger partial charge in [0.05, 0.1) is 6.61 Å². The van der Waals surface area contributed by atoms with Crippen LogP contribution in [0.1, 0.15) is 77.6 Å². The molecule has 0 aromatic heterocycles. The Morgan fingerprint density at radius 3 is 2.64 bits per heavy atom. The number of thioether (sulfide) groups is 1. The van der Waals surface area contributed by atoms with Crippen LogP contribution in [0.5, 0.6) is 0 Å². The summed E-state index contributed by atoms with van der Waals surface area (Å²) in [6.07, 6.45) is 13.2. The van der Waals surface area contributed by atoms with Crippen molar-refractivity contribution in [2.24, 2.45) is 11.8 Å². The van der Waals surface area contributed by atoms with Crippen LogP contribution in [0, 0.1) is 11.8 Å². The van der Waals surface area contributed by atoms with Gasteiger partial charge in [-0.25, -0.2) is 4.79 Å². The normalized spacial score (nSPS) is 23.5. The highest BCUT2D eigenvalue weighted by atomic mass is 32.2. The fourth-order valence-corrected chi connectivity index (χ4v) is 5.08. The number of carbonyl (C=O) groups is 2. The third-order valence-corrected chi connectivity index (χ3v) is 6.82. The minimum absolute atomic E-state index is 0.0347. The quantitative estimate of drug-likeness (QED) is 0.259. The first-order chi connectivity index (χ1) is 13.5. The first-order valence-corrected chi connectivity index (χ1v) is 11.9. The van der Waals surface area contributed by atoms with E-state index in [-0.39, 0.29) is 30.1 Å². The molecular weight excluding hydrogens is 376 g/mol. The highest BCUT2D eigenvalue weighted by Gasteiger charge is 2.40. The molecule has 1 aliphatic carbocycles. The molecule has 0 bridgehead atoms. The highest BCUT2D eigenvalue weighted by molar-refractivity contribution is 8.00. The van der Waals surface area contributed by atoms with Crippen LogP contribution >= 0.6 is 11.8 Å².